The molecule has 38 heavy (non-hydrogen) atoms. The van der Waals surface area contributed by atoms with Crippen LogP contribution >= 0.6 is 0 Å². The van der Waals surface area contributed by atoms with Gasteiger partial charge in [-0.1, -0.05) is 80.6 Å². The summed E-state index contributed by atoms with van der Waals surface area (Å²) >= 11 is 0. The fraction of sp³-hybridized carbons (Fsp3) is 0.333. The largest absolute Gasteiger partial charge is 0.354 e. The molecule has 0 aliphatic heterocycles. The molecule has 3 aromatic carbocycles. The number of sulfonamides is 1. The SMILES string of the molecule is Cc1ccccc1N(CC(=O)N(CCc1ccccc1)[C@@H](C)C(=O)NCC(C)C)S(=O)(=O)c1ccccc1. The summed E-state index contributed by atoms with van der Waals surface area (Å²) in [5.41, 5.74) is 2.16. The van der Waals surface area contributed by atoms with Crippen LogP contribution < -0.4 is 9.62 Å². The van der Waals surface area contributed by atoms with E-state index in [1.165, 1.54) is 17.0 Å². The van der Waals surface area contributed by atoms with Crippen LogP contribution in [0.15, 0.2) is 89.8 Å². The standard InChI is InChI=1S/C30H37N3O4S/c1-23(2)21-31-30(35)25(4)32(20-19-26-14-7-5-8-15-26)29(34)22-33(28-18-12-11-13-24(28)3)38(36,37)27-16-9-6-10-17-27/h5-18,23,25H,19-22H2,1-4H3,(H,31,35)/t25-/m0/s1. The Morgan fingerprint density at radius 2 is 1.42 bits per heavy atom. The van der Waals surface area contributed by atoms with Crippen molar-refractivity contribution in [2.24, 2.45) is 5.92 Å². The lowest BCUT2D eigenvalue weighted by Crippen LogP contribution is -2.52. The Hall–Kier alpha value is -3.65. The highest BCUT2D eigenvalue weighted by Crippen LogP contribution is 2.27. The topological polar surface area (TPSA) is 86.8 Å². The monoisotopic (exact) mass is 535 g/mol. The summed E-state index contributed by atoms with van der Waals surface area (Å²) in [6.45, 7) is 7.81. The smallest absolute Gasteiger partial charge is 0.264 e. The minimum absolute atomic E-state index is 0.0922. The molecule has 2 amide bonds. The Morgan fingerprint density at radius 3 is 2.03 bits per heavy atom. The highest BCUT2D eigenvalue weighted by Gasteiger charge is 2.32. The molecular weight excluding hydrogens is 498 g/mol. The Bertz CT molecular complexity index is 1310. The molecule has 3 aromatic rings. The van der Waals surface area contributed by atoms with Crippen LogP contribution in [0.3, 0.4) is 0 Å². The lowest BCUT2D eigenvalue weighted by atomic mass is 10.1. The first-order chi connectivity index (χ1) is 18.1. The molecule has 8 heteroatoms. The number of rotatable bonds is 12. The predicted octanol–water partition coefficient (Wildman–Crippen LogP) is 4.42. The van der Waals surface area contributed by atoms with Gasteiger partial charge in [0.1, 0.15) is 12.6 Å². The molecule has 0 saturated carbocycles. The van der Waals surface area contributed by atoms with E-state index in [0.717, 1.165) is 15.4 Å². The Morgan fingerprint density at radius 1 is 0.842 bits per heavy atom. The quantitative estimate of drug-likeness (QED) is 0.372. The molecule has 0 bridgehead atoms. The Labute approximate surface area is 226 Å². The lowest BCUT2D eigenvalue weighted by molar-refractivity contribution is -0.138. The molecule has 202 valence electrons. The van der Waals surface area contributed by atoms with Gasteiger partial charge in [0.05, 0.1) is 10.6 Å². The summed E-state index contributed by atoms with van der Waals surface area (Å²) in [4.78, 5) is 28.4. The van der Waals surface area contributed by atoms with Crippen molar-refractivity contribution in [1.29, 1.82) is 0 Å². The van der Waals surface area contributed by atoms with E-state index in [2.05, 4.69) is 5.32 Å². The van der Waals surface area contributed by atoms with Crippen molar-refractivity contribution < 1.29 is 18.0 Å². The average molecular weight is 536 g/mol. The van der Waals surface area contributed by atoms with Gasteiger partial charge in [0, 0.05) is 13.1 Å². The second-order valence-corrected chi connectivity index (χ2v) is 11.6. The van der Waals surface area contributed by atoms with Crippen molar-refractivity contribution >= 4 is 27.5 Å². The molecule has 0 aromatic heterocycles. The van der Waals surface area contributed by atoms with Crippen LogP contribution in [0, 0.1) is 12.8 Å². The number of carbonyl (C=O) groups is 2. The van der Waals surface area contributed by atoms with Crippen LogP contribution in [0.5, 0.6) is 0 Å². The summed E-state index contributed by atoms with van der Waals surface area (Å²) in [5.74, 6) is -0.462. The Kier molecular flexibility index (Phi) is 10.1. The number of nitrogens with zero attached hydrogens (tertiary/aromatic N) is 2. The molecule has 0 unspecified atom stereocenters. The van der Waals surface area contributed by atoms with E-state index in [-0.39, 0.29) is 23.3 Å². The summed E-state index contributed by atoms with van der Waals surface area (Å²) in [7, 11) is -4.05. The fourth-order valence-corrected chi connectivity index (χ4v) is 5.60. The molecule has 0 spiro atoms. The summed E-state index contributed by atoms with van der Waals surface area (Å²) in [6, 6.07) is 24.1. The van der Waals surface area contributed by atoms with Gasteiger partial charge in [0.25, 0.3) is 10.0 Å². The van der Waals surface area contributed by atoms with Gasteiger partial charge in [-0.15, -0.1) is 0 Å². The predicted molar refractivity (Wildman–Crippen MR) is 151 cm³/mol. The molecule has 7 nitrogen and oxygen atoms in total. The third-order valence-electron chi connectivity index (χ3n) is 6.33. The maximum absolute atomic E-state index is 13.9. The number of aryl methyl sites for hydroxylation is 1. The molecule has 0 saturated heterocycles. The van der Waals surface area contributed by atoms with Crippen molar-refractivity contribution in [1.82, 2.24) is 10.2 Å². The minimum Gasteiger partial charge on any atom is -0.354 e. The van der Waals surface area contributed by atoms with Crippen LogP contribution in [0.1, 0.15) is 31.9 Å². The molecule has 1 N–H and O–H groups in total. The van der Waals surface area contributed by atoms with E-state index in [1.807, 2.05) is 63.2 Å². The van der Waals surface area contributed by atoms with Gasteiger partial charge in [-0.25, -0.2) is 8.42 Å². The van der Waals surface area contributed by atoms with Gasteiger partial charge in [0.2, 0.25) is 11.8 Å². The first-order valence-electron chi connectivity index (χ1n) is 12.9. The highest BCUT2D eigenvalue weighted by molar-refractivity contribution is 7.92. The number of benzene rings is 3. The minimum atomic E-state index is -4.05. The second-order valence-electron chi connectivity index (χ2n) is 9.75. The third kappa shape index (κ3) is 7.44. The second kappa shape index (κ2) is 13.2. The van der Waals surface area contributed by atoms with Gasteiger partial charge in [-0.05, 0) is 55.5 Å². The van der Waals surface area contributed by atoms with Crippen molar-refractivity contribution in [3.05, 3.63) is 96.1 Å². The van der Waals surface area contributed by atoms with Crippen molar-refractivity contribution in [2.45, 2.75) is 45.1 Å². The zero-order chi connectivity index (χ0) is 27.7. The molecule has 0 fully saturated rings. The number of para-hydroxylation sites is 1. The first-order valence-corrected chi connectivity index (χ1v) is 14.3. The summed E-state index contributed by atoms with van der Waals surface area (Å²) in [6.07, 6.45) is 0.532. The molecule has 0 radical (unpaired) electrons. The van der Waals surface area contributed by atoms with Crippen LogP contribution in [0.4, 0.5) is 5.69 Å². The van der Waals surface area contributed by atoms with Gasteiger partial charge in [-0.2, -0.15) is 0 Å². The van der Waals surface area contributed by atoms with Crippen LogP contribution in [-0.4, -0.2) is 50.8 Å². The number of anilines is 1. The van der Waals surface area contributed by atoms with Crippen LogP contribution in [-0.2, 0) is 26.0 Å². The maximum Gasteiger partial charge on any atom is 0.264 e. The molecule has 0 heterocycles. The van der Waals surface area contributed by atoms with E-state index in [9.17, 15) is 18.0 Å². The van der Waals surface area contributed by atoms with E-state index in [4.69, 9.17) is 0 Å². The van der Waals surface area contributed by atoms with Gasteiger partial charge >= 0.3 is 0 Å². The van der Waals surface area contributed by atoms with Gasteiger partial charge < -0.3 is 10.2 Å². The molecular formula is C30H37N3O4S. The number of amides is 2. The normalized spacial score (nSPS) is 12.1. The number of carbonyl (C=O) groups excluding carboxylic acids is 2. The molecule has 3 rings (SSSR count). The number of hydrogen-bond donors (Lipinski definition) is 1. The number of nitrogens with one attached hydrogen (secondary N) is 1. The average Bonchev–Trinajstić information content (AvgIpc) is 2.91. The molecule has 0 aliphatic carbocycles. The zero-order valence-corrected chi connectivity index (χ0v) is 23.3. The van der Waals surface area contributed by atoms with Crippen molar-refractivity contribution in [3.8, 4) is 0 Å². The summed E-state index contributed by atoms with van der Waals surface area (Å²) < 4.78 is 28.7. The first kappa shape index (κ1) is 28.9. The maximum atomic E-state index is 13.9. The van der Waals surface area contributed by atoms with E-state index in [1.54, 1.807) is 37.3 Å². The lowest BCUT2D eigenvalue weighted by Gasteiger charge is -2.32. The van der Waals surface area contributed by atoms with E-state index < -0.39 is 28.5 Å². The van der Waals surface area contributed by atoms with Gasteiger partial charge in [0.15, 0.2) is 0 Å². The van der Waals surface area contributed by atoms with Crippen molar-refractivity contribution in [3.63, 3.8) is 0 Å². The van der Waals surface area contributed by atoms with Crippen LogP contribution in [0.25, 0.3) is 0 Å². The summed E-state index contributed by atoms with van der Waals surface area (Å²) in [5, 5.41) is 2.90. The zero-order valence-electron chi connectivity index (χ0n) is 22.5. The third-order valence-corrected chi connectivity index (χ3v) is 8.10. The fourth-order valence-electron chi connectivity index (χ4n) is 4.10. The highest BCUT2D eigenvalue weighted by atomic mass is 32.2. The Balaban J connectivity index is 1.95. The van der Waals surface area contributed by atoms with E-state index >= 15 is 0 Å². The van der Waals surface area contributed by atoms with Crippen LogP contribution in [0.2, 0.25) is 0 Å². The van der Waals surface area contributed by atoms with E-state index in [0.29, 0.717) is 18.7 Å². The van der Waals surface area contributed by atoms with Crippen molar-refractivity contribution in [2.75, 3.05) is 23.9 Å². The molecule has 0 aliphatic rings. The number of hydrogen-bond acceptors (Lipinski definition) is 4. The van der Waals surface area contributed by atoms with Gasteiger partial charge in [-0.3, -0.25) is 13.9 Å². The molecule has 1 atom stereocenters.